The fourth-order valence-corrected chi connectivity index (χ4v) is 3.67. The van der Waals surface area contributed by atoms with E-state index in [2.05, 4.69) is 35.5 Å². The summed E-state index contributed by atoms with van der Waals surface area (Å²) in [7, 11) is 1.71. The number of aromatic nitrogens is 2. The second kappa shape index (κ2) is 8.57. The average Bonchev–Trinajstić information content (AvgIpc) is 3.36. The number of benzene rings is 1. The van der Waals surface area contributed by atoms with Crippen molar-refractivity contribution < 1.29 is 18.9 Å². The van der Waals surface area contributed by atoms with Gasteiger partial charge < -0.3 is 23.5 Å². The second-order valence-electron chi connectivity index (χ2n) is 7.11. The van der Waals surface area contributed by atoms with Crippen LogP contribution in [-0.4, -0.2) is 36.2 Å². The SMILES string of the molecule is COCCn1c(C)c(C)c2nccc(OC(Cc3ccccc3)C3=COCO3)c21. The maximum Gasteiger partial charge on any atom is 0.230 e. The van der Waals surface area contributed by atoms with Gasteiger partial charge in [-0.3, -0.25) is 4.98 Å². The molecule has 0 saturated heterocycles. The van der Waals surface area contributed by atoms with Crippen molar-refractivity contribution >= 4 is 11.0 Å². The Labute approximate surface area is 170 Å². The van der Waals surface area contributed by atoms with Crippen LogP contribution >= 0.6 is 0 Å². The van der Waals surface area contributed by atoms with Crippen molar-refractivity contribution in [2.75, 3.05) is 20.5 Å². The number of pyridine rings is 1. The summed E-state index contributed by atoms with van der Waals surface area (Å²) >= 11 is 0. The van der Waals surface area contributed by atoms with E-state index in [0.29, 0.717) is 18.8 Å². The normalized spacial score (nSPS) is 14.4. The van der Waals surface area contributed by atoms with Crippen LogP contribution < -0.4 is 4.74 Å². The Hall–Kier alpha value is -2.99. The molecule has 4 rings (SSSR count). The zero-order valence-corrected chi connectivity index (χ0v) is 17.1. The highest BCUT2D eigenvalue weighted by Crippen LogP contribution is 2.33. The van der Waals surface area contributed by atoms with Gasteiger partial charge in [0.15, 0.2) is 11.9 Å². The van der Waals surface area contributed by atoms with Gasteiger partial charge >= 0.3 is 0 Å². The first-order chi connectivity index (χ1) is 14.2. The summed E-state index contributed by atoms with van der Waals surface area (Å²) in [5, 5.41) is 0. The molecule has 0 radical (unpaired) electrons. The summed E-state index contributed by atoms with van der Waals surface area (Å²) in [5.74, 6) is 1.47. The van der Waals surface area contributed by atoms with Gasteiger partial charge in [0.05, 0.1) is 12.1 Å². The van der Waals surface area contributed by atoms with Gasteiger partial charge in [-0.15, -0.1) is 0 Å². The van der Waals surface area contributed by atoms with Crippen LogP contribution in [0.3, 0.4) is 0 Å². The minimum atomic E-state index is -0.295. The Morgan fingerprint density at radius 2 is 2.00 bits per heavy atom. The van der Waals surface area contributed by atoms with Crippen LogP contribution in [-0.2, 0) is 27.2 Å². The lowest BCUT2D eigenvalue weighted by atomic mass is 10.1. The Morgan fingerprint density at radius 3 is 2.72 bits per heavy atom. The van der Waals surface area contributed by atoms with Crippen LogP contribution in [0.1, 0.15) is 16.8 Å². The number of nitrogens with zero attached hydrogens (tertiary/aromatic N) is 2. The van der Waals surface area contributed by atoms with E-state index >= 15 is 0 Å². The smallest absolute Gasteiger partial charge is 0.230 e. The van der Waals surface area contributed by atoms with E-state index in [0.717, 1.165) is 28.9 Å². The first kappa shape index (κ1) is 19.3. The minimum absolute atomic E-state index is 0.220. The number of rotatable bonds is 8. The lowest BCUT2D eigenvalue weighted by Crippen LogP contribution is -2.23. The number of ether oxygens (including phenoxy) is 4. The zero-order valence-electron chi connectivity index (χ0n) is 17.1. The molecule has 3 aromatic rings. The molecule has 2 aromatic heterocycles. The monoisotopic (exact) mass is 394 g/mol. The molecule has 0 bridgehead atoms. The fraction of sp³-hybridized carbons (Fsp3) is 0.348. The quantitative estimate of drug-likeness (QED) is 0.575. The zero-order chi connectivity index (χ0) is 20.2. The molecule has 0 spiro atoms. The third-order valence-electron chi connectivity index (χ3n) is 5.32. The van der Waals surface area contributed by atoms with Gasteiger partial charge in [-0.05, 0) is 25.0 Å². The van der Waals surface area contributed by atoms with Crippen molar-refractivity contribution in [2.24, 2.45) is 0 Å². The van der Waals surface area contributed by atoms with Crippen LogP contribution in [0.2, 0.25) is 0 Å². The second-order valence-corrected chi connectivity index (χ2v) is 7.11. The number of methoxy groups -OCH3 is 1. The minimum Gasteiger partial charge on any atom is -0.480 e. The molecule has 1 aliphatic rings. The highest BCUT2D eigenvalue weighted by molar-refractivity contribution is 5.86. The van der Waals surface area contributed by atoms with E-state index in [1.165, 1.54) is 11.3 Å². The molecule has 0 aliphatic carbocycles. The van der Waals surface area contributed by atoms with Crippen LogP contribution in [0.5, 0.6) is 5.75 Å². The van der Waals surface area contributed by atoms with E-state index in [9.17, 15) is 0 Å². The molecular formula is C23H26N2O4. The third-order valence-corrected chi connectivity index (χ3v) is 5.32. The summed E-state index contributed by atoms with van der Waals surface area (Å²) in [6.45, 7) is 5.77. The van der Waals surface area contributed by atoms with Gasteiger partial charge in [-0.25, -0.2) is 0 Å². The molecule has 29 heavy (non-hydrogen) atoms. The van der Waals surface area contributed by atoms with Crippen LogP contribution in [0, 0.1) is 13.8 Å². The molecule has 0 N–H and O–H groups in total. The number of hydrogen-bond donors (Lipinski definition) is 0. The first-order valence-corrected chi connectivity index (χ1v) is 9.77. The van der Waals surface area contributed by atoms with Gasteiger partial charge in [0, 0.05) is 38.0 Å². The van der Waals surface area contributed by atoms with Crippen LogP contribution in [0.25, 0.3) is 11.0 Å². The van der Waals surface area contributed by atoms with Gasteiger partial charge in [-0.2, -0.15) is 0 Å². The van der Waals surface area contributed by atoms with E-state index in [4.69, 9.17) is 18.9 Å². The van der Waals surface area contributed by atoms with E-state index < -0.39 is 0 Å². The van der Waals surface area contributed by atoms with Crippen LogP contribution in [0.15, 0.2) is 54.6 Å². The lowest BCUT2D eigenvalue weighted by molar-refractivity contribution is 0.0559. The van der Waals surface area contributed by atoms with E-state index in [-0.39, 0.29) is 12.9 Å². The molecule has 152 valence electrons. The number of fused-ring (bicyclic) bond motifs is 1. The molecule has 3 heterocycles. The summed E-state index contributed by atoms with van der Waals surface area (Å²) < 4.78 is 25.0. The number of hydrogen-bond acceptors (Lipinski definition) is 5. The van der Waals surface area contributed by atoms with Crippen molar-refractivity contribution in [2.45, 2.75) is 32.9 Å². The highest BCUT2D eigenvalue weighted by Gasteiger charge is 2.25. The lowest BCUT2D eigenvalue weighted by Gasteiger charge is -2.20. The topological polar surface area (TPSA) is 54.7 Å². The molecule has 1 atom stereocenters. The fourth-order valence-electron chi connectivity index (χ4n) is 3.67. The maximum atomic E-state index is 6.53. The van der Waals surface area contributed by atoms with E-state index in [1.807, 2.05) is 24.3 Å². The number of aryl methyl sites for hydroxylation is 1. The van der Waals surface area contributed by atoms with Crippen LogP contribution in [0.4, 0.5) is 0 Å². The van der Waals surface area contributed by atoms with Crippen molar-refractivity contribution in [3.8, 4) is 5.75 Å². The summed E-state index contributed by atoms with van der Waals surface area (Å²) in [5.41, 5.74) is 5.42. The third kappa shape index (κ3) is 3.93. The molecule has 0 saturated carbocycles. The molecule has 6 nitrogen and oxygen atoms in total. The van der Waals surface area contributed by atoms with Crippen molar-refractivity contribution in [3.63, 3.8) is 0 Å². The average molecular weight is 394 g/mol. The molecule has 0 fully saturated rings. The Bertz CT molecular complexity index is 1010. The maximum absolute atomic E-state index is 6.53. The van der Waals surface area contributed by atoms with Gasteiger partial charge in [0.25, 0.3) is 0 Å². The molecule has 1 aromatic carbocycles. The molecule has 6 heteroatoms. The Kier molecular flexibility index (Phi) is 5.71. The highest BCUT2D eigenvalue weighted by atomic mass is 16.7. The molecule has 1 aliphatic heterocycles. The van der Waals surface area contributed by atoms with Crippen molar-refractivity contribution in [1.29, 1.82) is 0 Å². The van der Waals surface area contributed by atoms with Gasteiger partial charge in [-0.1, -0.05) is 30.3 Å². The van der Waals surface area contributed by atoms with E-state index in [1.54, 1.807) is 19.6 Å². The summed E-state index contributed by atoms with van der Waals surface area (Å²) in [6.07, 6.45) is 3.82. The summed E-state index contributed by atoms with van der Waals surface area (Å²) in [6, 6.07) is 12.2. The first-order valence-electron chi connectivity index (χ1n) is 9.77. The largest absolute Gasteiger partial charge is 0.480 e. The summed E-state index contributed by atoms with van der Waals surface area (Å²) in [4.78, 5) is 4.61. The molecule has 1 unspecified atom stereocenters. The standard InChI is InChI=1S/C23H26N2O4/c1-16-17(2)25(11-12-26-3)23-19(9-10-24-22(16)23)29-20(21-14-27-15-28-21)13-18-7-5-4-6-8-18/h4-10,14,20H,11-13,15H2,1-3H3. The van der Waals surface area contributed by atoms with Gasteiger partial charge in [0.1, 0.15) is 17.5 Å². The molecule has 0 amide bonds. The predicted molar refractivity (Wildman–Crippen MR) is 111 cm³/mol. The Morgan fingerprint density at radius 1 is 1.17 bits per heavy atom. The molecular weight excluding hydrogens is 368 g/mol. The predicted octanol–water partition coefficient (Wildman–Crippen LogP) is 4.14. The van der Waals surface area contributed by atoms with Crippen molar-refractivity contribution in [3.05, 3.63) is 71.4 Å². The van der Waals surface area contributed by atoms with Crippen molar-refractivity contribution in [1.82, 2.24) is 9.55 Å². The van der Waals surface area contributed by atoms with Gasteiger partial charge in [0.2, 0.25) is 6.79 Å². The Balaban J connectivity index is 1.72.